The lowest BCUT2D eigenvalue weighted by Gasteiger charge is -2.13. The minimum atomic E-state index is -0.465. The average Bonchev–Trinajstić information content (AvgIpc) is 2.83. The van der Waals surface area contributed by atoms with Crippen molar-refractivity contribution in [2.45, 2.75) is 26.9 Å². The topological polar surface area (TPSA) is 38.8 Å². The molecular weight excluding hydrogens is 281 g/mol. The van der Waals surface area contributed by atoms with Crippen LogP contribution in [0.2, 0.25) is 0 Å². The number of aryl methyl sites for hydroxylation is 1. The fourth-order valence-electron chi connectivity index (χ4n) is 1.71. The van der Waals surface area contributed by atoms with E-state index in [1.807, 2.05) is 13.8 Å². The van der Waals surface area contributed by atoms with E-state index in [0.717, 1.165) is 0 Å². The summed E-state index contributed by atoms with van der Waals surface area (Å²) >= 11 is 1.22. The van der Waals surface area contributed by atoms with Crippen LogP contribution in [0.5, 0.6) is 0 Å². The first kappa shape index (κ1) is 16.8. The van der Waals surface area contributed by atoms with Gasteiger partial charge >= 0.3 is 6.09 Å². The van der Waals surface area contributed by atoms with Gasteiger partial charge in [0.25, 0.3) is 0 Å². The van der Waals surface area contributed by atoms with E-state index in [4.69, 9.17) is 8.92 Å². The van der Waals surface area contributed by atoms with Crippen molar-refractivity contribution < 1.29 is 18.1 Å². The molecule has 0 radical (unpaired) electrons. The summed E-state index contributed by atoms with van der Waals surface area (Å²) < 4.78 is 23.7. The molecule has 1 aromatic rings. The van der Waals surface area contributed by atoms with Gasteiger partial charge in [-0.15, -0.1) is 0 Å². The lowest BCUT2D eigenvalue weighted by molar-refractivity contribution is 0.112. The van der Waals surface area contributed by atoms with Gasteiger partial charge in [-0.3, -0.25) is 4.90 Å². The van der Waals surface area contributed by atoms with Crippen LogP contribution < -0.4 is 4.90 Å². The number of hydrogen-bond acceptors (Lipinski definition) is 4. The van der Waals surface area contributed by atoms with E-state index >= 15 is 0 Å². The molecule has 1 saturated heterocycles. The van der Waals surface area contributed by atoms with Crippen molar-refractivity contribution in [2.24, 2.45) is 0 Å². The van der Waals surface area contributed by atoms with Gasteiger partial charge in [-0.2, -0.15) is 0 Å². The molecule has 1 fully saturated rings. The summed E-state index contributed by atoms with van der Waals surface area (Å²) in [5.74, 6) is -0.330. The highest BCUT2D eigenvalue weighted by molar-refractivity contribution is 7.93. The maximum absolute atomic E-state index is 13.5. The Hall–Kier alpha value is -1.27. The molecule has 1 amide bonds. The van der Waals surface area contributed by atoms with Gasteiger partial charge in [0.2, 0.25) is 0 Å². The fourth-order valence-corrected chi connectivity index (χ4v) is 2.00. The summed E-state index contributed by atoms with van der Waals surface area (Å²) in [5.41, 5.74) is 1.06. The number of nitrogens with zero attached hydrogens (tertiary/aromatic N) is 1. The van der Waals surface area contributed by atoms with Gasteiger partial charge in [0.05, 0.1) is 12.2 Å². The number of amides is 1. The Kier molecular flexibility index (Phi) is 6.81. The first-order valence-corrected chi connectivity index (χ1v) is 7.66. The van der Waals surface area contributed by atoms with Crippen LogP contribution in [0, 0.1) is 12.7 Å². The van der Waals surface area contributed by atoms with Crippen LogP contribution in [0.4, 0.5) is 14.9 Å². The van der Waals surface area contributed by atoms with Crippen molar-refractivity contribution in [3.05, 3.63) is 29.6 Å². The Balaban J connectivity index is 0.000000956. The minimum absolute atomic E-state index is 0.311. The van der Waals surface area contributed by atoms with Crippen molar-refractivity contribution >= 4 is 23.8 Å². The SMILES string of the molecule is CC.CSOCC1CN(c2ccc(C)c(F)c2)C(=O)O1. The van der Waals surface area contributed by atoms with Crippen LogP contribution in [0.3, 0.4) is 0 Å². The van der Waals surface area contributed by atoms with Crippen molar-refractivity contribution in [2.75, 3.05) is 24.3 Å². The highest BCUT2D eigenvalue weighted by Crippen LogP contribution is 2.24. The number of cyclic esters (lactones) is 1. The van der Waals surface area contributed by atoms with Crippen molar-refractivity contribution in [1.29, 1.82) is 0 Å². The molecule has 112 valence electrons. The van der Waals surface area contributed by atoms with Crippen molar-refractivity contribution in [3.63, 3.8) is 0 Å². The number of halogens is 1. The number of rotatable bonds is 4. The molecular formula is C14H20FNO3S. The second-order valence-corrected chi connectivity index (χ2v) is 4.57. The second-order valence-electron chi connectivity index (χ2n) is 4.00. The Labute approximate surface area is 123 Å². The maximum atomic E-state index is 13.5. The molecule has 20 heavy (non-hydrogen) atoms. The molecule has 0 N–H and O–H groups in total. The van der Waals surface area contributed by atoms with Crippen molar-refractivity contribution in [1.82, 2.24) is 0 Å². The quantitative estimate of drug-likeness (QED) is 0.793. The zero-order chi connectivity index (χ0) is 15.1. The molecule has 1 heterocycles. The van der Waals surface area contributed by atoms with E-state index in [1.165, 1.54) is 23.0 Å². The van der Waals surface area contributed by atoms with Gasteiger partial charge < -0.3 is 8.92 Å². The minimum Gasteiger partial charge on any atom is -0.441 e. The Morgan fingerprint density at radius 1 is 1.50 bits per heavy atom. The first-order chi connectivity index (χ1) is 9.61. The largest absolute Gasteiger partial charge is 0.441 e. The summed E-state index contributed by atoms with van der Waals surface area (Å²) in [4.78, 5) is 13.1. The van der Waals surface area contributed by atoms with E-state index in [0.29, 0.717) is 24.4 Å². The third-order valence-corrected chi connectivity index (χ3v) is 3.08. The molecule has 0 spiro atoms. The molecule has 1 atom stereocenters. The van der Waals surface area contributed by atoms with E-state index in [1.54, 1.807) is 25.3 Å². The third kappa shape index (κ3) is 4.11. The molecule has 1 aliphatic rings. The highest BCUT2D eigenvalue weighted by atomic mass is 32.2. The number of ether oxygens (including phenoxy) is 1. The lowest BCUT2D eigenvalue weighted by Crippen LogP contribution is -2.25. The molecule has 1 aromatic carbocycles. The Bertz CT molecular complexity index is 456. The van der Waals surface area contributed by atoms with Gasteiger partial charge in [-0.05, 0) is 36.7 Å². The van der Waals surface area contributed by atoms with Gasteiger partial charge in [-0.1, -0.05) is 19.9 Å². The molecule has 2 rings (SSSR count). The zero-order valence-electron chi connectivity index (χ0n) is 12.2. The normalized spacial score (nSPS) is 17.6. The van der Waals surface area contributed by atoms with E-state index in [2.05, 4.69) is 0 Å². The Morgan fingerprint density at radius 2 is 2.20 bits per heavy atom. The third-order valence-electron chi connectivity index (χ3n) is 2.71. The molecule has 1 aliphatic heterocycles. The van der Waals surface area contributed by atoms with Crippen LogP contribution in [-0.4, -0.2) is 31.6 Å². The monoisotopic (exact) mass is 301 g/mol. The van der Waals surface area contributed by atoms with Crippen LogP contribution in [0.1, 0.15) is 19.4 Å². The zero-order valence-corrected chi connectivity index (χ0v) is 13.0. The van der Waals surface area contributed by atoms with Crippen LogP contribution in [0.25, 0.3) is 0 Å². The smallest absolute Gasteiger partial charge is 0.414 e. The predicted octanol–water partition coefficient (Wildman–Crippen LogP) is 3.78. The predicted molar refractivity (Wildman–Crippen MR) is 79.6 cm³/mol. The summed E-state index contributed by atoms with van der Waals surface area (Å²) in [5, 5.41) is 0. The van der Waals surface area contributed by atoms with Gasteiger partial charge in [0, 0.05) is 6.26 Å². The molecule has 0 bridgehead atoms. The van der Waals surface area contributed by atoms with Crippen molar-refractivity contribution in [3.8, 4) is 0 Å². The molecule has 0 aliphatic carbocycles. The molecule has 6 heteroatoms. The van der Waals surface area contributed by atoms with Gasteiger partial charge in [0.15, 0.2) is 0 Å². The summed E-state index contributed by atoms with van der Waals surface area (Å²) in [6.07, 6.45) is 1.02. The Morgan fingerprint density at radius 3 is 2.80 bits per heavy atom. The van der Waals surface area contributed by atoms with E-state index < -0.39 is 6.09 Å². The summed E-state index contributed by atoms with van der Waals surface area (Å²) in [6.45, 7) is 6.39. The maximum Gasteiger partial charge on any atom is 0.414 e. The van der Waals surface area contributed by atoms with Crippen LogP contribution >= 0.6 is 12.0 Å². The number of carbonyl (C=O) groups excluding carboxylic acids is 1. The van der Waals surface area contributed by atoms with Crippen LogP contribution in [-0.2, 0) is 8.92 Å². The molecule has 4 nitrogen and oxygen atoms in total. The molecule has 0 saturated carbocycles. The van der Waals surface area contributed by atoms with Crippen LogP contribution in [0.15, 0.2) is 18.2 Å². The molecule has 0 aromatic heterocycles. The van der Waals surface area contributed by atoms with E-state index in [9.17, 15) is 9.18 Å². The van der Waals surface area contributed by atoms with Gasteiger partial charge in [-0.25, -0.2) is 9.18 Å². The number of anilines is 1. The first-order valence-electron chi connectivity index (χ1n) is 6.51. The lowest BCUT2D eigenvalue weighted by atomic mass is 10.2. The number of carbonyl (C=O) groups is 1. The number of benzene rings is 1. The summed E-state index contributed by atoms with van der Waals surface area (Å²) in [6, 6.07) is 4.69. The van der Waals surface area contributed by atoms with E-state index in [-0.39, 0.29) is 11.9 Å². The van der Waals surface area contributed by atoms with Gasteiger partial charge in [0.1, 0.15) is 18.5 Å². The number of hydrogen-bond donors (Lipinski definition) is 0. The standard InChI is InChI=1S/C12H14FNO3S.C2H6/c1-8-3-4-9(5-11(8)13)14-6-10(7-16-18-2)17-12(14)15;1-2/h3-5,10H,6-7H2,1-2H3;1-2H3. The fraction of sp³-hybridized carbons (Fsp3) is 0.500. The summed E-state index contributed by atoms with van der Waals surface area (Å²) in [7, 11) is 0. The average molecular weight is 301 g/mol. The second kappa shape index (κ2) is 8.11. The molecule has 1 unspecified atom stereocenters. The highest BCUT2D eigenvalue weighted by Gasteiger charge is 2.32.